The Morgan fingerprint density at radius 1 is 1.50 bits per heavy atom. The Hall–Kier alpha value is -1.48. The highest BCUT2D eigenvalue weighted by Gasteiger charge is 2.09. The third-order valence-corrected chi connectivity index (χ3v) is 2.29. The van der Waals surface area contributed by atoms with Crippen molar-refractivity contribution in [3.05, 3.63) is 36.4 Å². The Morgan fingerprint density at radius 2 is 2.25 bits per heavy atom. The van der Waals surface area contributed by atoms with Crippen LogP contribution in [0.2, 0.25) is 0 Å². The van der Waals surface area contributed by atoms with Crippen molar-refractivity contribution >= 4 is 0 Å². The first-order valence-electron chi connectivity index (χ1n) is 5.36. The summed E-state index contributed by atoms with van der Waals surface area (Å²) < 4.78 is 10.8. The Labute approximate surface area is 96.9 Å². The van der Waals surface area contributed by atoms with E-state index in [0.717, 1.165) is 23.5 Å². The summed E-state index contributed by atoms with van der Waals surface area (Å²) in [6.07, 6.45) is 2.64. The molecule has 3 heteroatoms. The van der Waals surface area contributed by atoms with Gasteiger partial charge in [-0.1, -0.05) is 12.1 Å². The molecule has 1 aromatic rings. The van der Waals surface area contributed by atoms with Crippen LogP contribution in [0.1, 0.15) is 24.9 Å². The lowest BCUT2D eigenvalue weighted by Gasteiger charge is -2.14. The van der Waals surface area contributed by atoms with E-state index in [-0.39, 0.29) is 6.04 Å². The van der Waals surface area contributed by atoms with Gasteiger partial charge in [-0.2, -0.15) is 0 Å². The smallest absolute Gasteiger partial charge is 0.127 e. The van der Waals surface area contributed by atoms with Crippen molar-refractivity contribution in [3.63, 3.8) is 0 Å². The first kappa shape index (κ1) is 12.6. The number of hydrogen-bond acceptors (Lipinski definition) is 3. The molecule has 0 fully saturated rings. The van der Waals surface area contributed by atoms with Crippen molar-refractivity contribution < 1.29 is 9.47 Å². The topological polar surface area (TPSA) is 44.5 Å². The van der Waals surface area contributed by atoms with Gasteiger partial charge in [0.05, 0.1) is 13.7 Å². The molecular formula is C13H19NO2. The Morgan fingerprint density at radius 3 is 2.81 bits per heavy atom. The van der Waals surface area contributed by atoms with Crippen LogP contribution in [0.5, 0.6) is 11.5 Å². The van der Waals surface area contributed by atoms with Gasteiger partial charge < -0.3 is 15.2 Å². The maximum atomic E-state index is 5.87. The summed E-state index contributed by atoms with van der Waals surface area (Å²) in [5.74, 6) is 1.56. The van der Waals surface area contributed by atoms with Gasteiger partial charge in [0.2, 0.25) is 0 Å². The van der Waals surface area contributed by atoms with Crippen LogP contribution in [0.3, 0.4) is 0 Å². The molecule has 16 heavy (non-hydrogen) atoms. The SMILES string of the molecule is C=CCCOc1cc(OC)ccc1C(C)N. The summed E-state index contributed by atoms with van der Waals surface area (Å²) in [5, 5.41) is 0. The number of methoxy groups -OCH3 is 1. The molecule has 0 saturated heterocycles. The third kappa shape index (κ3) is 3.28. The van der Waals surface area contributed by atoms with E-state index >= 15 is 0 Å². The maximum Gasteiger partial charge on any atom is 0.127 e. The van der Waals surface area contributed by atoms with E-state index in [4.69, 9.17) is 15.2 Å². The predicted octanol–water partition coefficient (Wildman–Crippen LogP) is 2.67. The minimum Gasteiger partial charge on any atom is -0.497 e. The van der Waals surface area contributed by atoms with E-state index < -0.39 is 0 Å². The zero-order chi connectivity index (χ0) is 12.0. The molecule has 0 aliphatic heterocycles. The van der Waals surface area contributed by atoms with Gasteiger partial charge in [0.15, 0.2) is 0 Å². The van der Waals surface area contributed by atoms with Gasteiger partial charge in [-0.25, -0.2) is 0 Å². The molecule has 0 radical (unpaired) electrons. The molecule has 0 heterocycles. The van der Waals surface area contributed by atoms with Crippen molar-refractivity contribution in [2.75, 3.05) is 13.7 Å². The first-order chi connectivity index (χ1) is 7.69. The van der Waals surface area contributed by atoms with E-state index in [1.54, 1.807) is 7.11 Å². The second kappa shape index (κ2) is 6.18. The molecule has 2 N–H and O–H groups in total. The first-order valence-corrected chi connectivity index (χ1v) is 5.36. The Bertz CT molecular complexity index is 348. The van der Waals surface area contributed by atoms with Crippen LogP contribution < -0.4 is 15.2 Å². The zero-order valence-electron chi connectivity index (χ0n) is 9.90. The lowest BCUT2D eigenvalue weighted by atomic mass is 10.1. The van der Waals surface area contributed by atoms with Crippen molar-refractivity contribution in [2.45, 2.75) is 19.4 Å². The van der Waals surface area contributed by atoms with Crippen molar-refractivity contribution in [1.82, 2.24) is 0 Å². The average Bonchev–Trinajstić information content (AvgIpc) is 2.29. The molecule has 1 atom stereocenters. The van der Waals surface area contributed by atoms with Gasteiger partial charge in [0, 0.05) is 17.7 Å². The second-order valence-corrected chi connectivity index (χ2v) is 3.62. The molecule has 1 aromatic carbocycles. The molecule has 3 nitrogen and oxygen atoms in total. The van der Waals surface area contributed by atoms with E-state index in [2.05, 4.69) is 6.58 Å². The molecule has 1 rings (SSSR count). The van der Waals surface area contributed by atoms with E-state index in [1.807, 2.05) is 31.2 Å². The number of rotatable bonds is 6. The van der Waals surface area contributed by atoms with E-state index in [9.17, 15) is 0 Å². The lowest BCUT2D eigenvalue weighted by molar-refractivity contribution is 0.317. The summed E-state index contributed by atoms with van der Waals surface area (Å²) in [7, 11) is 1.63. The average molecular weight is 221 g/mol. The van der Waals surface area contributed by atoms with Gasteiger partial charge >= 0.3 is 0 Å². The van der Waals surface area contributed by atoms with Crippen LogP contribution in [0.15, 0.2) is 30.9 Å². The Kier molecular flexibility index (Phi) is 4.86. The molecule has 0 saturated carbocycles. The van der Waals surface area contributed by atoms with Crippen LogP contribution in [0.25, 0.3) is 0 Å². The van der Waals surface area contributed by atoms with Crippen molar-refractivity contribution in [2.24, 2.45) is 5.73 Å². The standard InChI is InChI=1S/C13H19NO2/c1-4-5-8-16-13-9-11(15-3)6-7-12(13)10(2)14/h4,6-7,9-10H,1,5,8,14H2,2-3H3. The maximum absolute atomic E-state index is 5.87. The van der Waals surface area contributed by atoms with Gasteiger partial charge in [0.25, 0.3) is 0 Å². The summed E-state index contributed by atoms with van der Waals surface area (Å²) in [4.78, 5) is 0. The fraction of sp³-hybridized carbons (Fsp3) is 0.385. The molecular weight excluding hydrogens is 202 g/mol. The monoisotopic (exact) mass is 221 g/mol. The summed E-state index contributed by atoms with van der Waals surface area (Å²) >= 11 is 0. The largest absolute Gasteiger partial charge is 0.497 e. The molecule has 0 amide bonds. The Balaban J connectivity index is 2.86. The minimum absolute atomic E-state index is 0.0513. The van der Waals surface area contributed by atoms with Crippen LogP contribution in [-0.2, 0) is 0 Å². The molecule has 0 aliphatic carbocycles. The molecule has 88 valence electrons. The molecule has 0 aromatic heterocycles. The second-order valence-electron chi connectivity index (χ2n) is 3.62. The van der Waals surface area contributed by atoms with Gasteiger partial charge in [-0.15, -0.1) is 6.58 Å². The summed E-state index contributed by atoms with van der Waals surface area (Å²) in [6.45, 7) is 6.19. The highest BCUT2D eigenvalue weighted by Crippen LogP contribution is 2.28. The third-order valence-electron chi connectivity index (χ3n) is 2.29. The van der Waals surface area contributed by atoms with Crippen LogP contribution in [-0.4, -0.2) is 13.7 Å². The number of ether oxygens (including phenoxy) is 2. The molecule has 0 spiro atoms. The van der Waals surface area contributed by atoms with Crippen LogP contribution in [0, 0.1) is 0 Å². The summed E-state index contributed by atoms with van der Waals surface area (Å²) in [6, 6.07) is 5.64. The fourth-order valence-electron chi connectivity index (χ4n) is 1.40. The molecule has 1 unspecified atom stereocenters. The lowest BCUT2D eigenvalue weighted by Crippen LogP contribution is -2.08. The van der Waals surface area contributed by atoms with E-state index in [1.165, 1.54) is 0 Å². The van der Waals surface area contributed by atoms with Gasteiger partial charge in [-0.05, 0) is 19.4 Å². The molecule has 0 bridgehead atoms. The minimum atomic E-state index is -0.0513. The number of benzene rings is 1. The van der Waals surface area contributed by atoms with Crippen LogP contribution >= 0.6 is 0 Å². The highest BCUT2D eigenvalue weighted by atomic mass is 16.5. The van der Waals surface area contributed by atoms with E-state index in [0.29, 0.717) is 6.61 Å². The summed E-state index contributed by atoms with van der Waals surface area (Å²) in [5.41, 5.74) is 6.86. The zero-order valence-corrected chi connectivity index (χ0v) is 9.90. The highest BCUT2D eigenvalue weighted by molar-refractivity contribution is 5.42. The normalized spacial score (nSPS) is 11.9. The quantitative estimate of drug-likeness (QED) is 0.593. The molecule has 0 aliphatic rings. The number of nitrogens with two attached hydrogens (primary N) is 1. The van der Waals surface area contributed by atoms with Crippen molar-refractivity contribution in [1.29, 1.82) is 0 Å². The fourth-order valence-corrected chi connectivity index (χ4v) is 1.40. The predicted molar refractivity (Wildman–Crippen MR) is 65.9 cm³/mol. The van der Waals surface area contributed by atoms with Gasteiger partial charge in [0.1, 0.15) is 11.5 Å². The van der Waals surface area contributed by atoms with Crippen molar-refractivity contribution in [3.8, 4) is 11.5 Å². The van der Waals surface area contributed by atoms with Gasteiger partial charge in [-0.3, -0.25) is 0 Å². The van der Waals surface area contributed by atoms with Crippen LogP contribution in [0.4, 0.5) is 0 Å². The number of hydrogen-bond donors (Lipinski definition) is 1.